The Labute approximate surface area is 97.7 Å². The maximum Gasteiger partial charge on any atom is 0.218 e. The number of primary amides is 1. The molecule has 0 rings (SSSR count). The summed E-state index contributed by atoms with van der Waals surface area (Å²) in [5.41, 5.74) is 5.39. The van der Waals surface area contributed by atoms with E-state index in [1.54, 1.807) is 0 Å². The van der Waals surface area contributed by atoms with E-state index in [4.69, 9.17) is 39.0 Å². The third-order valence-electron chi connectivity index (χ3n) is 2.40. The molecule has 0 aromatic rings. The Kier molecular flexibility index (Phi) is 5.57. The first kappa shape index (κ1) is 14.0. The van der Waals surface area contributed by atoms with E-state index in [2.05, 4.69) is 0 Å². The van der Waals surface area contributed by atoms with E-state index in [0.29, 0.717) is 0 Å². The Bertz CT molecular complexity index is 178. The quantitative estimate of drug-likeness (QED) is 0.612. The van der Waals surface area contributed by atoms with E-state index >= 15 is 0 Å². The van der Waals surface area contributed by atoms with Crippen LogP contribution in [0.1, 0.15) is 0 Å². The summed E-state index contributed by atoms with van der Waals surface area (Å²) in [4.78, 5) is 11.4. The third kappa shape index (κ3) is 2.51. The van der Waals surface area contributed by atoms with Gasteiger partial charge in [-0.15, -0.1) is 0 Å². The zero-order chi connectivity index (χ0) is 10.8. The second-order valence-electron chi connectivity index (χ2n) is 3.15. The fourth-order valence-corrected chi connectivity index (χ4v) is 23.2. The molecule has 3 unspecified atom stereocenters. The molecule has 0 aliphatic heterocycles. The molecule has 2 N–H and O–H groups in total. The first-order valence-corrected chi connectivity index (χ1v) is 14.4. The molecule has 0 spiro atoms. The van der Waals surface area contributed by atoms with Crippen LogP contribution < -0.4 is 5.73 Å². The van der Waals surface area contributed by atoms with Crippen LogP contribution >= 0.6 is 33.2 Å². The highest BCUT2D eigenvalue weighted by Crippen LogP contribution is 2.41. The van der Waals surface area contributed by atoms with Crippen LogP contribution in [-0.4, -0.2) is 30.2 Å². The minimum Gasteiger partial charge on any atom is -0.370 e. The second-order valence-corrected chi connectivity index (χ2v) is 17.6. The van der Waals surface area contributed by atoms with Crippen molar-refractivity contribution in [2.24, 2.45) is 5.73 Å². The highest BCUT2D eigenvalue weighted by Gasteiger charge is 2.52. The molecular formula is C5H14Cl3NOSi3. The lowest BCUT2D eigenvalue weighted by Crippen LogP contribution is -2.53. The number of halogens is 3. The van der Waals surface area contributed by atoms with Crippen LogP contribution in [-0.2, 0) is 4.79 Å². The largest absolute Gasteiger partial charge is 0.370 e. The molecule has 3 atom stereocenters. The van der Waals surface area contributed by atoms with Crippen molar-refractivity contribution in [1.29, 1.82) is 0 Å². The predicted octanol–water partition coefficient (Wildman–Crippen LogP) is 1.07. The maximum atomic E-state index is 11.4. The van der Waals surface area contributed by atoms with Gasteiger partial charge in [-0.1, -0.05) is 19.6 Å². The third-order valence-corrected chi connectivity index (χ3v) is 23.3. The van der Waals surface area contributed by atoms with Crippen LogP contribution in [0.5, 0.6) is 0 Å². The normalized spacial score (nSPS) is 22.9. The molecule has 2 nitrogen and oxygen atoms in total. The predicted molar refractivity (Wildman–Crippen MR) is 68.5 cm³/mol. The lowest BCUT2D eigenvalue weighted by Gasteiger charge is -2.35. The van der Waals surface area contributed by atoms with Crippen LogP contribution in [0.2, 0.25) is 23.9 Å². The molecule has 0 radical (unpaired) electrons. The van der Waals surface area contributed by atoms with Crippen LogP contribution in [0.25, 0.3) is 0 Å². The molecule has 13 heavy (non-hydrogen) atoms. The van der Waals surface area contributed by atoms with E-state index in [0.717, 1.165) is 0 Å². The summed E-state index contributed by atoms with van der Waals surface area (Å²) in [7, 11) is -5.21. The van der Waals surface area contributed by atoms with Gasteiger partial charge in [0.15, 0.2) is 0 Å². The first-order chi connectivity index (χ1) is 5.77. The van der Waals surface area contributed by atoms with Crippen molar-refractivity contribution < 1.29 is 4.79 Å². The number of carbonyl (C=O) groups is 1. The molecular weight excluding hydrogens is 281 g/mol. The molecule has 0 saturated heterocycles. The molecule has 0 saturated carbocycles. The first-order valence-electron chi connectivity index (χ1n) is 4.00. The number of carbonyl (C=O) groups excluding carboxylic acids is 1. The topological polar surface area (TPSA) is 43.1 Å². The SMILES string of the molecule is C[SiH](Cl)C(C(N)=O)([SiH](C)Cl)[SiH](C)Cl. The zero-order valence-electron chi connectivity index (χ0n) is 7.85. The van der Waals surface area contributed by atoms with Crippen molar-refractivity contribution in [3.05, 3.63) is 0 Å². The minimum atomic E-state index is -1.74. The Morgan fingerprint density at radius 1 is 1.08 bits per heavy atom. The van der Waals surface area contributed by atoms with Crippen LogP contribution in [0.3, 0.4) is 0 Å². The molecule has 0 heterocycles. The summed E-state index contributed by atoms with van der Waals surface area (Å²) in [6.07, 6.45) is 0. The van der Waals surface area contributed by atoms with E-state index in [1.165, 1.54) is 0 Å². The van der Waals surface area contributed by atoms with Gasteiger partial charge in [0.2, 0.25) is 5.91 Å². The Morgan fingerprint density at radius 3 is 1.31 bits per heavy atom. The van der Waals surface area contributed by atoms with Crippen molar-refractivity contribution in [2.75, 3.05) is 0 Å². The van der Waals surface area contributed by atoms with E-state index in [-0.39, 0.29) is 5.91 Å². The summed E-state index contributed by atoms with van der Waals surface area (Å²) in [6.45, 7) is 5.64. The van der Waals surface area contributed by atoms with Crippen molar-refractivity contribution >= 4 is 63.5 Å². The molecule has 0 aliphatic rings. The van der Waals surface area contributed by atoms with Gasteiger partial charge in [-0.3, -0.25) is 4.79 Å². The molecule has 0 aromatic carbocycles. The van der Waals surface area contributed by atoms with Crippen molar-refractivity contribution in [1.82, 2.24) is 0 Å². The molecule has 78 valence electrons. The van der Waals surface area contributed by atoms with Crippen molar-refractivity contribution in [2.45, 2.75) is 23.9 Å². The van der Waals surface area contributed by atoms with Crippen LogP contribution in [0, 0.1) is 0 Å². The lowest BCUT2D eigenvalue weighted by atomic mass is 10.7. The van der Waals surface area contributed by atoms with Gasteiger partial charge >= 0.3 is 0 Å². The summed E-state index contributed by atoms with van der Waals surface area (Å²) in [5, 5.41) is 0. The van der Waals surface area contributed by atoms with Gasteiger partial charge < -0.3 is 5.73 Å². The number of hydrogen-bond donors (Lipinski definition) is 1. The van der Waals surface area contributed by atoms with Gasteiger partial charge in [0, 0.05) is 0 Å². The molecule has 0 aromatic heterocycles. The lowest BCUT2D eigenvalue weighted by molar-refractivity contribution is -0.117. The average Bonchev–Trinajstić information content (AvgIpc) is 1.82. The number of rotatable bonds is 4. The van der Waals surface area contributed by atoms with Crippen LogP contribution in [0.15, 0.2) is 0 Å². The molecule has 0 fully saturated rings. The fourth-order valence-electron chi connectivity index (χ4n) is 1.54. The highest BCUT2D eigenvalue weighted by atomic mass is 35.6. The Balaban J connectivity index is 5.19. The monoisotopic (exact) mass is 293 g/mol. The number of hydrogen-bond acceptors (Lipinski definition) is 1. The Hall–Kier alpha value is 0.991. The fraction of sp³-hybridized carbons (Fsp3) is 0.800. The summed E-state index contributed by atoms with van der Waals surface area (Å²) in [6, 6.07) is 0. The zero-order valence-corrected chi connectivity index (χ0v) is 13.6. The average molecular weight is 295 g/mol. The molecule has 8 heteroatoms. The smallest absolute Gasteiger partial charge is 0.218 e. The van der Waals surface area contributed by atoms with Crippen LogP contribution in [0.4, 0.5) is 0 Å². The van der Waals surface area contributed by atoms with Gasteiger partial charge in [-0.05, 0) is 0 Å². The minimum absolute atomic E-state index is 0.370. The van der Waals surface area contributed by atoms with Gasteiger partial charge in [0.25, 0.3) is 0 Å². The van der Waals surface area contributed by atoms with E-state index in [1.807, 2.05) is 19.6 Å². The van der Waals surface area contributed by atoms with Crippen molar-refractivity contribution in [3.63, 3.8) is 0 Å². The van der Waals surface area contributed by atoms with E-state index in [9.17, 15) is 4.79 Å². The second kappa shape index (κ2) is 5.18. The van der Waals surface area contributed by atoms with Gasteiger partial charge in [-0.25, -0.2) is 0 Å². The number of amides is 1. The molecule has 0 bridgehead atoms. The van der Waals surface area contributed by atoms with Gasteiger partial charge in [-0.2, -0.15) is 33.2 Å². The maximum absolute atomic E-state index is 11.4. The summed E-state index contributed by atoms with van der Waals surface area (Å²) < 4.78 is -0.648. The van der Waals surface area contributed by atoms with Gasteiger partial charge in [0.05, 0.1) is 4.28 Å². The summed E-state index contributed by atoms with van der Waals surface area (Å²) >= 11 is 18.4. The highest BCUT2D eigenvalue weighted by molar-refractivity contribution is 7.36. The van der Waals surface area contributed by atoms with Crippen molar-refractivity contribution in [3.8, 4) is 0 Å². The molecule has 0 aliphatic carbocycles. The Morgan fingerprint density at radius 2 is 1.31 bits per heavy atom. The summed E-state index contributed by atoms with van der Waals surface area (Å²) in [5.74, 6) is -0.370. The number of nitrogens with two attached hydrogens (primary N) is 1. The van der Waals surface area contributed by atoms with E-state index < -0.39 is 28.6 Å². The van der Waals surface area contributed by atoms with Gasteiger partial charge in [0.1, 0.15) is 24.3 Å². The molecule has 1 amide bonds. The standard InChI is InChI=1S/C5H14Cl3NOSi3/c1-11(6)5(4(9)10,12(2)7)13(3)8/h11-13H,1-3H3,(H2,9,10).